The Morgan fingerprint density at radius 1 is 1.41 bits per heavy atom. The zero-order valence-electron chi connectivity index (χ0n) is 13.0. The molecule has 0 spiro atoms. The summed E-state index contributed by atoms with van der Waals surface area (Å²) in [6.07, 6.45) is 0.689. The van der Waals surface area contributed by atoms with E-state index in [1.807, 2.05) is 11.8 Å². The second-order valence-corrected chi connectivity index (χ2v) is 6.58. The average Bonchev–Trinajstić information content (AvgIpc) is 2.91. The van der Waals surface area contributed by atoms with Crippen molar-refractivity contribution in [3.63, 3.8) is 0 Å². The molecule has 0 amide bonds. The Hall–Kier alpha value is -1.37. The highest BCUT2D eigenvalue weighted by atomic mass is 32.2. The lowest BCUT2D eigenvalue weighted by Gasteiger charge is -2.24. The molecule has 1 aliphatic heterocycles. The van der Waals surface area contributed by atoms with Crippen LogP contribution >= 0.6 is 11.8 Å². The zero-order chi connectivity index (χ0) is 15.4. The molecule has 1 aliphatic rings. The molecule has 1 atom stereocenters. The van der Waals surface area contributed by atoms with Gasteiger partial charge in [0.25, 0.3) is 0 Å². The maximum atomic E-state index is 5.38. The Balaban J connectivity index is 1.69. The first-order valence-corrected chi connectivity index (χ1v) is 8.50. The van der Waals surface area contributed by atoms with Crippen LogP contribution in [0.4, 0.5) is 0 Å². The predicted octanol–water partition coefficient (Wildman–Crippen LogP) is 2.75. The predicted molar refractivity (Wildman–Crippen MR) is 85.8 cm³/mol. The van der Waals surface area contributed by atoms with Crippen molar-refractivity contribution < 1.29 is 9.26 Å². The van der Waals surface area contributed by atoms with E-state index in [9.17, 15) is 0 Å². The van der Waals surface area contributed by atoms with Crippen molar-refractivity contribution in [2.24, 2.45) is 0 Å². The van der Waals surface area contributed by atoms with Gasteiger partial charge in [0.2, 0.25) is 5.89 Å². The summed E-state index contributed by atoms with van der Waals surface area (Å²) >= 11 is 1.92. The third-order valence-electron chi connectivity index (χ3n) is 3.83. The van der Waals surface area contributed by atoms with Crippen molar-refractivity contribution in [2.45, 2.75) is 37.4 Å². The van der Waals surface area contributed by atoms with Gasteiger partial charge in [0.15, 0.2) is 5.82 Å². The van der Waals surface area contributed by atoms with E-state index in [-0.39, 0.29) is 0 Å². The number of rotatable bonds is 5. The average molecular weight is 319 g/mol. The van der Waals surface area contributed by atoms with E-state index >= 15 is 0 Å². The number of hydrogen-bond donors (Lipinski definition) is 0. The molecule has 0 radical (unpaired) electrons. The SMILES string of the molecule is COCCc1noc(CN2Cc3ccccc3SCC2C)n1. The van der Waals surface area contributed by atoms with Gasteiger partial charge in [-0.15, -0.1) is 11.8 Å². The third-order valence-corrected chi connectivity index (χ3v) is 5.19. The van der Waals surface area contributed by atoms with Crippen LogP contribution in [0.15, 0.2) is 33.7 Å². The van der Waals surface area contributed by atoms with Crippen LogP contribution in [0.5, 0.6) is 0 Å². The lowest BCUT2D eigenvalue weighted by Crippen LogP contribution is -2.32. The maximum Gasteiger partial charge on any atom is 0.240 e. The molecule has 0 saturated carbocycles. The lowest BCUT2D eigenvalue weighted by molar-refractivity contribution is 0.179. The number of ether oxygens (including phenoxy) is 1. The van der Waals surface area contributed by atoms with E-state index < -0.39 is 0 Å². The van der Waals surface area contributed by atoms with Crippen molar-refractivity contribution in [2.75, 3.05) is 19.5 Å². The van der Waals surface area contributed by atoms with Crippen molar-refractivity contribution in [3.8, 4) is 0 Å². The fraction of sp³-hybridized carbons (Fsp3) is 0.500. The number of fused-ring (bicyclic) bond motifs is 1. The summed E-state index contributed by atoms with van der Waals surface area (Å²) in [5.74, 6) is 2.47. The fourth-order valence-corrected chi connectivity index (χ4v) is 3.62. The molecule has 5 nitrogen and oxygen atoms in total. The molecule has 118 valence electrons. The number of methoxy groups -OCH3 is 1. The van der Waals surface area contributed by atoms with Gasteiger partial charge in [0.05, 0.1) is 13.2 Å². The number of aromatic nitrogens is 2. The second kappa shape index (κ2) is 7.26. The Morgan fingerprint density at radius 3 is 3.14 bits per heavy atom. The largest absolute Gasteiger partial charge is 0.384 e. The quantitative estimate of drug-likeness (QED) is 0.844. The molecular formula is C16H21N3O2S. The molecular weight excluding hydrogens is 298 g/mol. The van der Waals surface area contributed by atoms with Crippen LogP contribution in [0.3, 0.4) is 0 Å². The minimum Gasteiger partial charge on any atom is -0.384 e. The molecule has 1 unspecified atom stereocenters. The first-order valence-electron chi connectivity index (χ1n) is 7.51. The van der Waals surface area contributed by atoms with E-state index in [2.05, 4.69) is 46.2 Å². The number of nitrogens with zero attached hydrogens (tertiary/aromatic N) is 3. The topological polar surface area (TPSA) is 51.4 Å². The van der Waals surface area contributed by atoms with Gasteiger partial charge >= 0.3 is 0 Å². The van der Waals surface area contributed by atoms with E-state index in [1.54, 1.807) is 7.11 Å². The summed E-state index contributed by atoms with van der Waals surface area (Å²) in [6.45, 7) is 4.47. The molecule has 6 heteroatoms. The van der Waals surface area contributed by atoms with Gasteiger partial charge in [-0.1, -0.05) is 23.4 Å². The van der Waals surface area contributed by atoms with Crippen LogP contribution in [-0.2, 0) is 24.2 Å². The van der Waals surface area contributed by atoms with Gasteiger partial charge in [-0.3, -0.25) is 4.90 Å². The Morgan fingerprint density at radius 2 is 2.27 bits per heavy atom. The van der Waals surface area contributed by atoms with Gasteiger partial charge in [-0.05, 0) is 18.6 Å². The highest BCUT2D eigenvalue weighted by molar-refractivity contribution is 7.99. The normalized spacial score (nSPS) is 18.9. The van der Waals surface area contributed by atoms with Gasteiger partial charge < -0.3 is 9.26 Å². The smallest absolute Gasteiger partial charge is 0.240 e. The van der Waals surface area contributed by atoms with Crippen LogP contribution in [0, 0.1) is 0 Å². The Labute approximate surface area is 135 Å². The minimum atomic E-state index is 0.465. The molecule has 0 aliphatic carbocycles. The first-order chi connectivity index (χ1) is 10.8. The van der Waals surface area contributed by atoms with Crippen LogP contribution in [0.2, 0.25) is 0 Å². The van der Waals surface area contributed by atoms with Crippen molar-refractivity contribution in [1.29, 1.82) is 0 Å². The van der Waals surface area contributed by atoms with Crippen molar-refractivity contribution in [3.05, 3.63) is 41.5 Å². The maximum absolute atomic E-state index is 5.38. The fourth-order valence-electron chi connectivity index (χ4n) is 2.50. The van der Waals surface area contributed by atoms with Crippen LogP contribution in [0.25, 0.3) is 0 Å². The molecule has 0 bridgehead atoms. The van der Waals surface area contributed by atoms with Gasteiger partial charge in [0.1, 0.15) is 0 Å². The summed E-state index contributed by atoms with van der Waals surface area (Å²) in [4.78, 5) is 8.23. The van der Waals surface area contributed by atoms with E-state index in [1.165, 1.54) is 10.5 Å². The molecule has 0 fully saturated rings. The number of benzene rings is 1. The second-order valence-electron chi connectivity index (χ2n) is 5.52. The summed E-state index contributed by atoms with van der Waals surface area (Å²) in [5.41, 5.74) is 1.37. The van der Waals surface area contributed by atoms with Crippen LogP contribution in [0.1, 0.15) is 24.2 Å². The monoisotopic (exact) mass is 319 g/mol. The zero-order valence-corrected chi connectivity index (χ0v) is 13.8. The number of hydrogen-bond acceptors (Lipinski definition) is 6. The Bertz CT molecular complexity index is 617. The Kier molecular flexibility index (Phi) is 5.12. The standard InChI is InChI=1S/C16H21N3O2S/c1-12-11-22-14-6-4-3-5-13(14)9-19(12)10-16-17-15(18-21-16)7-8-20-2/h3-6,12H,7-11H2,1-2H3. The van der Waals surface area contributed by atoms with E-state index in [0.717, 1.165) is 12.3 Å². The number of thioether (sulfide) groups is 1. The molecule has 2 aromatic rings. The molecule has 0 saturated heterocycles. The molecule has 1 aromatic heterocycles. The highest BCUT2D eigenvalue weighted by Crippen LogP contribution is 2.30. The summed E-state index contributed by atoms with van der Waals surface area (Å²) < 4.78 is 10.4. The van der Waals surface area contributed by atoms with E-state index in [4.69, 9.17) is 9.26 Å². The van der Waals surface area contributed by atoms with Crippen molar-refractivity contribution >= 4 is 11.8 Å². The van der Waals surface area contributed by atoms with Gasteiger partial charge in [0, 0.05) is 36.8 Å². The highest BCUT2D eigenvalue weighted by Gasteiger charge is 2.22. The molecule has 0 N–H and O–H groups in total. The summed E-state index contributed by atoms with van der Waals surface area (Å²) in [7, 11) is 1.68. The van der Waals surface area contributed by atoms with Crippen LogP contribution in [-0.4, -0.2) is 40.6 Å². The third kappa shape index (κ3) is 3.69. The van der Waals surface area contributed by atoms with Crippen molar-refractivity contribution in [1.82, 2.24) is 15.0 Å². The van der Waals surface area contributed by atoms with Crippen LogP contribution < -0.4 is 0 Å². The molecule has 22 heavy (non-hydrogen) atoms. The van der Waals surface area contributed by atoms with Gasteiger partial charge in [-0.2, -0.15) is 4.98 Å². The molecule has 1 aromatic carbocycles. The lowest BCUT2D eigenvalue weighted by atomic mass is 10.2. The summed E-state index contributed by atoms with van der Waals surface area (Å²) in [5, 5.41) is 4.01. The molecule has 2 heterocycles. The first kappa shape index (κ1) is 15.5. The minimum absolute atomic E-state index is 0.465. The molecule has 3 rings (SSSR count). The summed E-state index contributed by atoms with van der Waals surface area (Å²) in [6, 6.07) is 9.07. The van der Waals surface area contributed by atoms with Gasteiger partial charge in [-0.25, -0.2) is 0 Å². The van der Waals surface area contributed by atoms with E-state index in [0.29, 0.717) is 37.3 Å².